The van der Waals surface area contributed by atoms with Crippen molar-refractivity contribution in [2.45, 2.75) is 25.8 Å². The summed E-state index contributed by atoms with van der Waals surface area (Å²) in [6, 6.07) is 24.9. The van der Waals surface area contributed by atoms with Gasteiger partial charge in [0.05, 0.1) is 6.54 Å². The summed E-state index contributed by atoms with van der Waals surface area (Å²) in [5, 5.41) is 2.43. The van der Waals surface area contributed by atoms with E-state index in [1.165, 1.54) is 6.07 Å². The number of anilines is 1. The number of carbonyl (C=O) groups is 1. The molecule has 1 heterocycles. The Bertz CT molecular complexity index is 1300. The zero-order valence-electron chi connectivity index (χ0n) is 17.1. The monoisotopic (exact) mass is 429 g/mol. The van der Waals surface area contributed by atoms with Crippen LogP contribution in [0.3, 0.4) is 0 Å². The molecule has 0 fully saturated rings. The van der Waals surface area contributed by atoms with Gasteiger partial charge < -0.3 is 4.90 Å². The van der Waals surface area contributed by atoms with Crippen LogP contribution < -0.4 is 4.90 Å². The van der Waals surface area contributed by atoms with Crippen LogP contribution in [0.5, 0.6) is 0 Å². The first kappa shape index (κ1) is 19.8. The first-order valence-corrected chi connectivity index (χ1v) is 10.7. The highest BCUT2D eigenvalue weighted by Crippen LogP contribution is 2.46. The lowest BCUT2D eigenvalue weighted by molar-refractivity contribution is -0.119. The molecule has 1 aliphatic rings. The molecule has 0 saturated carbocycles. The third-order valence-electron chi connectivity index (χ3n) is 6.04. The van der Waals surface area contributed by atoms with Crippen molar-refractivity contribution in [1.29, 1.82) is 0 Å². The van der Waals surface area contributed by atoms with Crippen molar-refractivity contribution in [2.75, 3.05) is 4.90 Å². The average Bonchev–Trinajstić information content (AvgIpc) is 2.75. The molecule has 0 aromatic heterocycles. The van der Waals surface area contributed by atoms with Crippen molar-refractivity contribution in [3.63, 3.8) is 0 Å². The van der Waals surface area contributed by atoms with Gasteiger partial charge in [0.25, 0.3) is 0 Å². The molecule has 2 nitrogen and oxygen atoms in total. The van der Waals surface area contributed by atoms with Gasteiger partial charge in [-0.25, -0.2) is 4.39 Å². The summed E-state index contributed by atoms with van der Waals surface area (Å²) in [6.07, 6.45) is 0.174. The van der Waals surface area contributed by atoms with Gasteiger partial charge in [0.2, 0.25) is 5.91 Å². The lowest BCUT2D eigenvalue weighted by Gasteiger charge is -2.36. The van der Waals surface area contributed by atoms with Crippen LogP contribution in [0.25, 0.3) is 10.8 Å². The number of benzene rings is 4. The minimum absolute atomic E-state index is 0.0337. The molecule has 1 atom stereocenters. The van der Waals surface area contributed by atoms with E-state index in [0.29, 0.717) is 17.1 Å². The molecule has 5 rings (SSSR count). The minimum Gasteiger partial charge on any atom is -0.308 e. The standard InChI is InChI=1S/C27H21ClFNO/c1-17-6-4-7-18(14-17)16-30-24-13-12-19-8-2-3-9-20(19)26(24)21(15-25(30)31)27-22(28)10-5-11-23(27)29/h2-14,21H,15-16H2,1H3. The van der Waals surface area contributed by atoms with E-state index < -0.39 is 5.92 Å². The van der Waals surface area contributed by atoms with Gasteiger partial charge in [0.15, 0.2) is 0 Å². The quantitative estimate of drug-likeness (QED) is 0.343. The van der Waals surface area contributed by atoms with Gasteiger partial charge in [-0.2, -0.15) is 0 Å². The molecule has 0 radical (unpaired) electrons. The van der Waals surface area contributed by atoms with E-state index in [2.05, 4.69) is 6.07 Å². The minimum atomic E-state index is -0.434. The van der Waals surface area contributed by atoms with Crippen molar-refractivity contribution in [3.8, 4) is 0 Å². The number of fused-ring (bicyclic) bond motifs is 3. The lowest BCUT2D eigenvalue weighted by atomic mass is 9.81. The van der Waals surface area contributed by atoms with Crippen LogP contribution in [-0.2, 0) is 11.3 Å². The third-order valence-corrected chi connectivity index (χ3v) is 6.37. The summed E-state index contributed by atoms with van der Waals surface area (Å²) < 4.78 is 14.9. The zero-order chi connectivity index (χ0) is 21.5. The molecule has 4 aromatic rings. The van der Waals surface area contributed by atoms with Crippen LogP contribution in [-0.4, -0.2) is 5.91 Å². The Morgan fingerprint density at radius 3 is 2.58 bits per heavy atom. The average molecular weight is 430 g/mol. The largest absolute Gasteiger partial charge is 0.308 e. The van der Waals surface area contributed by atoms with Crippen LogP contribution in [0.4, 0.5) is 10.1 Å². The molecule has 154 valence electrons. The zero-order valence-corrected chi connectivity index (χ0v) is 17.9. The number of hydrogen-bond acceptors (Lipinski definition) is 1. The van der Waals surface area contributed by atoms with Gasteiger partial charge in [-0.15, -0.1) is 0 Å². The normalized spacial score (nSPS) is 15.9. The number of aryl methyl sites for hydroxylation is 1. The second-order valence-corrected chi connectivity index (χ2v) is 8.49. The van der Waals surface area contributed by atoms with Gasteiger partial charge in [0, 0.05) is 28.6 Å². The Labute approximate surface area is 185 Å². The molecule has 4 aromatic carbocycles. The lowest BCUT2D eigenvalue weighted by Crippen LogP contribution is -2.36. The fraction of sp³-hybridized carbons (Fsp3) is 0.148. The maximum Gasteiger partial charge on any atom is 0.228 e. The molecular formula is C27H21ClFNO. The number of rotatable bonds is 3. The second-order valence-electron chi connectivity index (χ2n) is 8.08. The van der Waals surface area contributed by atoms with Crippen LogP contribution >= 0.6 is 11.6 Å². The van der Waals surface area contributed by atoms with Crippen molar-refractivity contribution in [1.82, 2.24) is 0 Å². The van der Waals surface area contributed by atoms with Crippen LogP contribution in [0.15, 0.2) is 78.9 Å². The van der Waals surface area contributed by atoms with Gasteiger partial charge in [-0.3, -0.25) is 4.79 Å². The number of halogens is 2. The maximum absolute atomic E-state index is 14.9. The summed E-state index contributed by atoms with van der Waals surface area (Å²) >= 11 is 6.45. The van der Waals surface area contributed by atoms with Gasteiger partial charge in [-0.1, -0.05) is 77.8 Å². The van der Waals surface area contributed by atoms with E-state index in [4.69, 9.17) is 11.6 Å². The molecule has 0 bridgehead atoms. The predicted octanol–water partition coefficient (Wildman–Crippen LogP) is 7.01. The highest BCUT2D eigenvalue weighted by Gasteiger charge is 2.35. The molecule has 31 heavy (non-hydrogen) atoms. The van der Waals surface area contributed by atoms with Gasteiger partial charge >= 0.3 is 0 Å². The first-order chi connectivity index (χ1) is 15.0. The smallest absolute Gasteiger partial charge is 0.228 e. The molecule has 0 aliphatic carbocycles. The number of amides is 1. The van der Waals surface area contributed by atoms with Crippen molar-refractivity contribution in [3.05, 3.63) is 112 Å². The number of nitrogens with zero attached hydrogens (tertiary/aromatic N) is 1. The summed E-state index contributed by atoms with van der Waals surface area (Å²) in [7, 11) is 0. The molecule has 0 N–H and O–H groups in total. The van der Waals surface area contributed by atoms with E-state index in [9.17, 15) is 9.18 Å². The van der Waals surface area contributed by atoms with Crippen molar-refractivity contribution >= 4 is 34.0 Å². The van der Waals surface area contributed by atoms with E-state index >= 15 is 0 Å². The van der Waals surface area contributed by atoms with E-state index in [-0.39, 0.29) is 18.1 Å². The summed E-state index contributed by atoms with van der Waals surface area (Å²) in [5.74, 6) is -0.846. The Kier molecular flexibility index (Phi) is 4.99. The van der Waals surface area contributed by atoms with Gasteiger partial charge in [-0.05, 0) is 47.0 Å². The van der Waals surface area contributed by atoms with Crippen molar-refractivity contribution < 1.29 is 9.18 Å². The number of hydrogen-bond donors (Lipinski definition) is 0. The Balaban J connectivity index is 1.72. The SMILES string of the molecule is Cc1cccc(CN2C(=O)CC(c3c(F)cccc3Cl)c3c2ccc2ccccc32)c1. The molecule has 0 spiro atoms. The molecule has 0 saturated heterocycles. The summed E-state index contributed by atoms with van der Waals surface area (Å²) in [5.41, 5.74) is 4.38. The Hall–Kier alpha value is -3.17. The molecular weight excluding hydrogens is 409 g/mol. The van der Waals surface area contributed by atoms with Crippen LogP contribution in [0.2, 0.25) is 5.02 Å². The first-order valence-electron chi connectivity index (χ1n) is 10.3. The van der Waals surface area contributed by atoms with Crippen molar-refractivity contribution in [2.24, 2.45) is 0 Å². The van der Waals surface area contributed by atoms with E-state index in [0.717, 1.165) is 33.2 Å². The molecule has 4 heteroatoms. The Morgan fingerprint density at radius 2 is 1.77 bits per heavy atom. The Morgan fingerprint density at radius 1 is 0.968 bits per heavy atom. The van der Waals surface area contributed by atoms with Crippen LogP contribution in [0, 0.1) is 12.7 Å². The summed E-state index contributed by atoms with van der Waals surface area (Å²) in [6.45, 7) is 2.52. The fourth-order valence-corrected chi connectivity index (χ4v) is 4.96. The molecule has 1 amide bonds. The highest BCUT2D eigenvalue weighted by molar-refractivity contribution is 6.31. The fourth-order valence-electron chi connectivity index (χ4n) is 4.66. The highest BCUT2D eigenvalue weighted by atomic mass is 35.5. The maximum atomic E-state index is 14.9. The summed E-state index contributed by atoms with van der Waals surface area (Å²) in [4.78, 5) is 15.2. The third kappa shape index (κ3) is 3.49. The number of carbonyl (C=O) groups excluding carboxylic acids is 1. The van der Waals surface area contributed by atoms with E-state index in [1.54, 1.807) is 12.1 Å². The molecule has 1 aliphatic heterocycles. The topological polar surface area (TPSA) is 20.3 Å². The second kappa shape index (κ2) is 7.82. The molecule has 1 unspecified atom stereocenters. The predicted molar refractivity (Wildman–Crippen MR) is 124 cm³/mol. The van der Waals surface area contributed by atoms with Gasteiger partial charge in [0.1, 0.15) is 5.82 Å². The van der Waals surface area contributed by atoms with E-state index in [1.807, 2.05) is 66.4 Å². The van der Waals surface area contributed by atoms with Crippen LogP contribution in [0.1, 0.15) is 34.6 Å².